The van der Waals surface area contributed by atoms with Gasteiger partial charge in [-0.05, 0) is 31.2 Å². The predicted octanol–water partition coefficient (Wildman–Crippen LogP) is 2.35. The van der Waals surface area contributed by atoms with Crippen molar-refractivity contribution in [2.24, 2.45) is 11.8 Å². The second-order valence-electron chi connectivity index (χ2n) is 5.27. The second-order valence-corrected chi connectivity index (χ2v) is 6.33. The zero-order valence-electron chi connectivity index (χ0n) is 11.7. The molecule has 1 aliphatic carbocycles. The summed E-state index contributed by atoms with van der Waals surface area (Å²) in [6.45, 7) is 4.27. The Bertz CT molecular complexity index is 388. The Morgan fingerprint density at radius 1 is 1.50 bits per heavy atom. The molecule has 1 aromatic rings. The standard InChI is InChI=1S/C13H23N3OS/c1-9(10-5-6-10)7-14-8-11-12(17-4)15-13(18-11)16(2)3/h9-10,14H,5-8H2,1-4H3. The molecular weight excluding hydrogens is 246 g/mol. The number of aromatic nitrogens is 1. The average molecular weight is 269 g/mol. The third kappa shape index (κ3) is 3.36. The number of thiazole rings is 1. The van der Waals surface area contributed by atoms with Gasteiger partial charge in [-0.2, -0.15) is 4.98 Å². The molecule has 1 atom stereocenters. The minimum absolute atomic E-state index is 0.760. The van der Waals surface area contributed by atoms with E-state index < -0.39 is 0 Å². The molecule has 2 rings (SSSR count). The zero-order valence-corrected chi connectivity index (χ0v) is 12.5. The Morgan fingerprint density at radius 3 is 2.78 bits per heavy atom. The van der Waals surface area contributed by atoms with E-state index in [4.69, 9.17) is 4.74 Å². The van der Waals surface area contributed by atoms with Gasteiger partial charge in [-0.1, -0.05) is 18.3 Å². The van der Waals surface area contributed by atoms with Crippen molar-refractivity contribution in [3.05, 3.63) is 4.88 Å². The molecule has 1 fully saturated rings. The van der Waals surface area contributed by atoms with Crippen molar-refractivity contribution in [2.75, 3.05) is 32.6 Å². The predicted molar refractivity (Wildman–Crippen MR) is 76.6 cm³/mol. The first-order valence-electron chi connectivity index (χ1n) is 6.53. The summed E-state index contributed by atoms with van der Waals surface area (Å²) in [6, 6.07) is 0. The lowest BCUT2D eigenvalue weighted by Gasteiger charge is -2.10. The van der Waals surface area contributed by atoms with E-state index in [1.165, 1.54) is 17.7 Å². The Hall–Kier alpha value is -0.810. The molecule has 5 heteroatoms. The molecule has 1 aliphatic rings. The van der Waals surface area contributed by atoms with Gasteiger partial charge in [0.1, 0.15) is 0 Å². The van der Waals surface area contributed by atoms with Crippen LogP contribution in [0, 0.1) is 11.8 Å². The van der Waals surface area contributed by atoms with Gasteiger partial charge in [-0.15, -0.1) is 0 Å². The fourth-order valence-electron chi connectivity index (χ4n) is 2.03. The highest BCUT2D eigenvalue weighted by atomic mass is 32.1. The number of nitrogens with zero attached hydrogens (tertiary/aromatic N) is 2. The molecule has 0 amide bonds. The Labute approximate surface area is 113 Å². The summed E-state index contributed by atoms with van der Waals surface area (Å²) >= 11 is 1.70. The molecule has 0 radical (unpaired) electrons. The van der Waals surface area contributed by atoms with Gasteiger partial charge in [-0.25, -0.2) is 0 Å². The van der Waals surface area contributed by atoms with E-state index in [9.17, 15) is 0 Å². The molecule has 18 heavy (non-hydrogen) atoms. The molecule has 102 valence electrons. The van der Waals surface area contributed by atoms with Crippen LogP contribution >= 0.6 is 11.3 Å². The maximum absolute atomic E-state index is 5.33. The summed E-state index contributed by atoms with van der Waals surface area (Å²) in [4.78, 5) is 7.66. The van der Waals surface area contributed by atoms with Crippen LogP contribution in [-0.2, 0) is 6.54 Å². The second kappa shape index (κ2) is 5.89. The van der Waals surface area contributed by atoms with Gasteiger partial charge in [0.2, 0.25) is 5.88 Å². The number of methoxy groups -OCH3 is 1. The lowest BCUT2D eigenvalue weighted by molar-refractivity contribution is 0.392. The van der Waals surface area contributed by atoms with Gasteiger partial charge in [0.05, 0.1) is 12.0 Å². The largest absolute Gasteiger partial charge is 0.480 e. The van der Waals surface area contributed by atoms with Gasteiger partial charge >= 0.3 is 0 Å². The average Bonchev–Trinajstić information content (AvgIpc) is 3.10. The summed E-state index contributed by atoms with van der Waals surface area (Å²) in [7, 11) is 5.69. The number of nitrogens with one attached hydrogen (secondary N) is 1. The molecule has 0 spiro atoms. The Morgan fingerprint density at radius 2 is 2.22 bits per heavy atom. The molecule has 1 N–H and O–H groups in total. The van der Waals surface area contributed by atoms with Gasteiger partial charge < -0.3 is 15.0 Å². The third-order valence-corrected chi connectivity index (χ3v) is 4.61. The molecule has 0 aromatic carbocycles. The van der Waals surface area contributed by atoms with Crippen LogP contribution in [0.15, 0.2) is 0 Å². The van der Waals surface area contributed by atoms with Crippen LogP contribution in [0.1, 0.15) is 24.6 Å². The Kier molecular flexibility index (Phi) is 4.45. The molecule has 1 unspecified atom stereocenters. The van der Waals surface area contributed by atoms with Gasteiger partial charge in [0.25, 0.3) is 0 Å². The monoisotopic (exact) mass is 269 g/mol. The first kappa shape index (κ1) is 13.6. The van der Waals surface area contributed by atoms with Crippen molar-refractivity contribution in [1.29, 1.82) is 0 Å². The van der Waals surface area contributed by atoms with Crippen LogP contribution < -0.4 is 15.0 Å². The highest BCUT2D eigenvalue weighted by molar-refractivity contribution is 7.15. The lowest BCUT2D eigenvalue weighted by Crippen LogP contribution is -2.21. The maximum atomic E-state index is 5.33. The normalized spacial score (nSPS) is 16.7. The molecule has 0 bridgehead atoms. The van der Waals surface area contributed by atoms with Crippen LogP contribution in [-0.4, -0.2) is 32.7 Å². The molecule has 0 saturated heterocycles. The molecule has 4 nitrogen and oxygen atoms in total. The van der Waals surface area contributed by atoms with Crippen molar-refractivity contribution in [3.8, 4) is 5.88 Å². The van der Waals surface area contributed by atoms with Crippen LogP contribution in [0.2, 0.25) is 0 Å². The first-order chi connectivity index (χ1) is 8.61. The maximum Gasteiger partial charge on any atom is 0.230 e. The molecule has 0 aliphatic heterocycles. The van der Waals surface area contributed by atoms with E-state index in [1.807, 2.05) is 19.0 Å². The highest BCUT2D eigenvalue weighted by Gasteiger charge is 2.27. The lowest BCUT2D eigenvalue weighted by atomic mass is 10.1. The van der Waals surface area contributed by atoms with E-state index in [1.54, 1.807) is 18.4 Å². The zero-order chi connectivity index (χ0) is 13.1. The number of hydrogen-bond acceptors (Lipinski definition) is 5. The fraction of sp³-hybridized carbons (Fsp3) is 0.769. The van der Waals surface area contributed by atoms with Gasteiger partial charge in [0, 0.05) is 20.6 Å². The first-order valence-corrected chi connectivity index (χ1v) is 7.35. The molecule has 1 heterocycles. The number of rotatable bonds is 7. The smallest absolute Gasteiger partial charge is 0.230 e. The molecule has 1 saturated carbocycles. The van der Waals surface area contributed by atoms with E-state index in [2.05, 4.69) is 17.2 Å². The molecular formula is C13H23N3OS. The quantitative estimate of drug-likeness (QED) is 0.824. The van der Waals surface area contributed by atoms with Crippen molar-refractivity contribution in [2.45, 2.75) is 26.3 Å². The van der Waals surface area contributed by atoms with Crippen LogP contribution in [0.4, 0.5) is 5.13 Å². The van der Waals surface area contributed by atoms with E-state index >= 15 is 0 Å². The summed E-state index contributed by atoms with van der Waals surface area (Å²) in [5.74, 6) is 2.51. The van der Waals surface area contributed by atoms with Crippen LogP contribution in [0.5, 0.6) is 5.88 Å². The van der Waals surface area contributed by atoms with E-state index in [0.29, 0.717) is 0 Å². The molecule has 1 aromatic heterocycles. The van der Waals surface area contributed by atoms with Crippen LogP contribution in [0.3, 0.4) is 0 Å². The minimum Gasteiger partial charge on any atom is -0.480 e. The minimum atomic E-state index is 0.760. The summed E-state index contributed by atoms with van der Waals surface area (Å²) in [5.41, 5.74) is 0. The van der Waals surface area contributed by atoms with Crippen molar-refractivity contribution in [3.63, 3.8) is 0 Å². The van der Waals surface area contributed by atoms with Crippen molar-refractivity contribution < 1.29 is 4.74 Å². The summed E-state index contributed by atoms with van der Waals surface area (Å²) < 4.78 is 5.33. The summed E-state index contributed by atoms with van der Waals surface area (Å²) in [5, 5.41) is 4.52. The number of ether oxygens (including phenoxy) is 1. The van der Waals surface area contributed by atoms with Crippen molar-refractivity contribution in [1.82, 2.24) is 10.3 Å². The summed E-state index contributed by atoms with van der Waals surface area (Å²) in [6.07, 6.45) is 2.83. The van der Waals surface area contributed by atoms with E-state index in [-0.39, 0.29) is 0 Å². The van der Waals surface area contributed by atoms with Crippen LogP contribution in [0.25, 0.3) is 0 Å². The highest BCUT2D eigenvalue weighted by Crippen LogP contribution is 2.36. The van der Waals surface area contributed by atoms with Gasteiger partial charge in [0.15, 0.2) is 5.13 Å². The SMILES string of the molecule is COc1nc(N(C)C)sc1CNCC(C)C1CC1. The Balaban J connectivity index is 1.87. The number of hydrogen-bond donors (Lipinski definition) is 1. The topological polar surface area (TPSA) is 37.4 Å². The fourth-order valence-corrected chi connectivity index (χ4v) is 2.96. The van der Waals surface area contributed by atoms with Gasteiger partial charge in [-0.3, -0.25) is 0 Å². The third-order valence-electron chi connectivity index (χ3n) is 3.40. The van der Waals surface area contributed by atoms with E-state index in [0.717, 1.165) is 35.9 Å². The van der Waals surface area contributed by atoms with Crippen molar-refractivity contribution >= 4 is 16.5 Å². The number of anilines is 1.